The van der Waals surface area contributed by atoms with E-state index >= 15 is 0 Å². The van der Waals surface area contributed by atoms with Gasteiger partial charge in [-0.05, 0) is 55.8 Å². The third-order valence-corrected chi connectivity index (χ3v) is 5.03. The van der Waals surface area contributed by atoms with Crippen LogP contribution in [0, 0.1) is 0 Å². The molecule has 0 heterocycles. The van der Waals surface area contributed by atoms with E-state index in [0.717, 1.165) is 11.3 Å². The number of benzene rings is 2. The average Bonchev–Trinajstić information content (AvgIpc) is 2.55. The van der Waals surface area contributed by atoms with E-state index in [9.17, 15) is 13.2 Å². The van der Waals surface area contributed by atoms with E-state index in [2.05, 4.69) is 4.72 Å². The van der Waals surface area contributed by atoms with E-state index in [1.54, 1.807) is 19.1 Å². The molecule has 24 heavy (non-hydrogen) atoms. The molecule has 0 radical (unpaired) electrons. The molecule has 1 unspecified atom stereocenters. The van der Waals surface area contributed by atoms with Crippen molar-refractivity contribution in [3.05, 3.63) is 59.7 Å². The molecule has 1 amide bonds. The highest BCUT2D eigenvalue weighted by Crippen LogP contribution is 2.20. The van der Waals surface area contributed by atoms with E-state index in [1.807, 2.05) is 19.1 Å². The van der Waals surface area contributed by atoms with Gasteiger partial charge in [0.25, 0.3) is 0 Å². The zero-order valence-corrected chi connectivity index (χ0v) is 14.3. The predicted molar refractivity (Wildman–Crippen MR) is 91.3 cm³/mol. The van der Waals surface area contributed by atoms with Gasteiger partial charge in [0.2, 0.25) is 15.9 Å². The van der Waals surface area contributed by atoms with Gasteiger partial charge in [0.1, 0.15) is 5.75 Å². The van der Waals surface area contributed by atoms with Crippen molar-refractivity contribution < 1.29 is 17.9 Å². The molecule has 0 fully saturated rings. The molecule has 3 N–H and O–H groups in total. The summed E-state index contributed by atoms with van der Waals surface area (Å²) in [5.74, 6) is 0.132. The lowest BCUT2D eigenvalue weighted by molar-refractivity contribution is 0.1000. The van der Waals surface area contributed by atoms with Crippen LogP contribution < -0.4 is 15.2 Å². The van der Waals surface area contributed by atoms with Gasteiger partial charge < -0.3 is 10.5 Å². The molecule has 0 spiro atoms. The number of carbonyl (C=O) groups excluding carboxylic acids is 1. The van der Waals surface area contributed by atoms with Crippen LogP contribution in [0.2, 0.25) is 0 Å². The third kappa shape index (κ3) is 4.33. The van der Waals surface area contributed by atoms with Crippen LogP contribution in [0.1, 0.15) is 35.8 Å². The number of rotatable bonds is 7. The SMILES string of the molecule is CCOc1ccc(C(C)NS(=O)(=O)c2ccc(C(N)=O)cc2)cc1. The van der Waals surface area contributed by atoms with Crippen molar-refractivity contribution in [1.29, 1.82) is 0 Å². The normalized spacial score (nSPS) is 12.6. The van der Waals surface area contributed by atoms with Crippen LogP contribution in [-0.4, -0.2) is 20.9 Å². The van der Waals surface area contributed by atoms with Crippen molar-refractivity contribution in [2.45, 2.75) is 24.8 Å². The van der Waals surface area contributed by atoms with Gasteiger partial charge in [-0.2, -0.15) is 0 Å². The maximum atomic E-state index is 12.4. The predicted octanol–water partition coefficient (Wildman–Crippen LogP) is 2.22. The van der Waals surface area contributed by atoms with Crippen LogP contribution in [0.4, 0.5) is 0 Å². The second kappa shape index (κ2) is 7.46. The van der Waals surface area contributed by atoms with Gasteiger partial charge in [-0.15, -0.1) is 0 Å². The second-order valence-electron chi connectivity index (χ2n) is 5.23. The highest BCUT2D eigenvalue weighted by molar-refractivity contribution is 7.89. The lowest BCUT2D eigenvalue weighted by Crippen LogP contribution is -2.27. The first-order valence-electron chi connectivity index (χ1n) is 7.48. The van der Waals surface area contributed by atoms with Crippen LogP contribution >= 0.6 is 0 Å². The zero-order valence-electron chi connectivity index (χ0n) is 13.5. The largest absolute Gasteiger partial charge is 0.494 e. The van der Waals surface area contributed by atoms with Crippen molar-refractivity contribution >= 4 is 15.9 Å². The Morgan fingerprint density at radius 1 is 1.12 bits per heavy atom. The fourth-order valence-electron chi connectivity index (χ4n) is 2.19. The van der Waals surface area contributed by atoms with Gasteiger partial charge in [-0.25, -0.2) is 13.1 Å². The Labute approximate surface area is 141 Å². The smallest absolute Gasteiger partial charge is 0.248 e. The standard InChI is InChI=1S/C17H20N2O4S/c1-3-23-15-8-4-13(5-9-15)12(2)19-24(21,22)16-10-6-14(7-11-16)17(18)20/h4-12,19H,3H2,1-2H3,(H2,18,20). The van der Waals surface area contributed by atoms with E-state index < -0.39 is 22.0 Å². The molecule has 2 aromatic rings. The molecule has 0 aliphatic heterocycles. The van der Waals surface area contributed by atoms with Gasteiger partial charge in [0.05, 0.1) is 11.5 Å². The fourth-order valence-corrected chi connectivity index (χ4v) is 3.42. The number of amides is 1. The number of sulfonamides is 1. The molecule has 2 aromatic carbocycles. The number of nitrogens with two attached hydrogens (primary N) is 1. The van der Waals surface area contributed by atoms with Gasteiger partial charge in [0.15, 0.2) is 0 Å². The number of nitrogens with one attached hydrogen (secondary N) is 1. The van der Waals surface area contributed by atoms with Crippen LogP contribution in [0.5, 0.6) is 5.75 Å². The summed E-state index contributed by atoms with van der Waals surface area (Å²) in [5, 5.41) is 0. The van der Waals surface area contributed by atoms with E-state index in [0.29, 0.717) is 6.61 Å². The molecule has 7 heteroatoms. The molecule has 128 valence electrons. The number of hydrogen-bond acceptors (Lipinski definition) is 4. The molecular formula is C17H20N2O4S. The second-order valence-corrected chi connectivity index (χ2v) is 6.95. The molecule has 0 bridgehead atoms. The minimum Gasteiger partial charge on any atom is -0.494 e. The molecule has 6 nitrogen and oxygen atoms in total. The Morgan fingerprint density at radius 3 is 2.21 bits per heavy atom. The van der Waals surface area contributed by atoms with Crippen LogP contribution in [0.3, 0.4) is 0 Å². The number of primary amides is 1. The van der Waals surface area contributed by atoms with E-state index in [4.69, 9.17) is 10.5 Å². The van der Waals surface area contributed by atoms with Gasteiger partial charge in [0, 0.05) is 11.6 Å². The quantitative estimate of drug-likeness (QED) is 0.801. The van der Waals surface area contributed by atoms with Crippen molar-refractivity contribution in [1.82, 2.24) is 4.72 Å². The number of ether oxygens (including phenoxy) is 1. The van der Waals surface area contributed by atoms with Crippen molar-refractivity contribution in [2.24, 2.45) is 5.73 Å². The van der Waals surface area contributed by atoms with E-state index in [-0.39, 0.29) is 10.5 Å². The first-order chi connectivity index (χ1) is 11.3. The molecular weight excluding hydrogens is 328 g/mol. The van der Waals surface area contributed by atoms with E-state index in [1.165, 1.54) is 24.3 Å². The lowest BCUT2D eigenvalue weighted by Gasteiger charge is -2.15. The first-order valence-corrected chi connectivity index (χ1v) is 8.96. The minimum absolute atomic E-state index is 0.0743. The minimum atomic E-state index is -3.70. The lowest BCUT2D eigenvalue weighted by atomic mass is 10.1. The van der Waals surface area contributed by atoms with Crippen molar-refractivity contribution in [2.75, 3.05) is 6.61 Å². The van der Waals surface area contributed by atoms with Crippen molar-refractivity contribution in [3.8, 4) is 5.75 Å². The third-order valence-electron chi connectivity index (χ3n) is 3.47. The van der Waals surface area contributed by atoms with Crippen LogP contribution in [-0.2, 0) is 10.0 Å². The topological polar surface area (TPSA) is 98.5 Å². The zero-order chi connectivity index (χ0) is 17.7. The highest BCUT2D eigenvalue weighted by Gasteiger charge is 2.18. The summed E-state index contributed by atoms with van der Waals surface area (Å²) in [6.45, 7) is 4.22. The summed E-state index contributed by atoms with van der Waals surface area (Å²) >= 11 is 0. The Hall–Kier alpha value is -2.38. The molecule has 0 saturated carbocycles. The van der Waals surface area contributed by atoms with Gasteiger partial charge in [-0.3, -0.25) is 4.79 Å². The maximum absolute atomic E-state index is 12.4. The molecule has 1 atom stereocenters. The Morgan fingerprint density at radius 2 is 1.71 bits per heavy atom. The van der Waals surface area contributed by atoms with Crippen LogP contribution in [0.25, 0.3) is 0 Å². The van der Waals surface area contributed by atoms with Gasteiger partial charge >= 0.3 is 0 Å². The Bertz CT molecular complexity index is 799. The summed E-state index contributed by atoms with van der Waals surface area (Å²) < 4.78 is 32.8. The number of carbonyl (C=O) groups is 1. The maximum Gasteiger partial charge on any atom is 0.248 e. The molecule has 2 rings (SSSR count). The first kappa shape index (κ1) is 18.0. The number of hydrogen-bond donors (Lipinski definition) is 2. The molecule has 0 aliphatic carbocycles. The van der Waals surface area contributed by atoms with Crippen molar-refractivity contribution in [3.63, 3.8) is 0 Å². The van der Waals surface area contributed by atoms with Crippen LogP contribution in [0.15, 0.2) is 53.4 Å². The summed E-state index contributed by atoms with van der Waals surface area (Å²) in [6, 6.07) is 12.3. The molecule has 0 aromatic heterocycles. The van der Waals surface area contributed by atoms with Gasteiger partial charge in [-0.1, -0.05) is 12.1 Å². The monoisotopic (exact) mass is 348 g/mol. The summed E-state index contributed by atoms with van der Waals surface area (Å²) in [4.78, 5) is 11.1. The molecule has 0 saturated heterocycles. The summed E-state index contributed by atoms with van der Waals surface area (Å²) in [7, 11) is -3.70. The fraction of sp³-hybridized carbons (Fsp3) is 0.235. The Kier molecular flexibility index (Phi) is 5.58. The summed E-state index contributed by atoms with van der Waals surface area (Å²) in [6.07, 6.45) is 0. The highest BCUT2D eigenvalue weighted by atomic mass is 32.2. The summed E-state index contributed by atoms with van der Waals surface area (Å²) in [5.41, 5.74) is 6.22. The average molecular weight is 348 g/mol. The Balaban J connectivity index is 2.14. The molecule has 0 aliphatic rings.